The SMILES string of the molecule is O=C(COC(=O)[C@H]1CC(=O)N(c2ccc(Oc3cccc4ccccc34)cc2)C1)c1ccc(OC(=O)c2cccs2)cc1. The minimum atomic E-state index is -0.689. The summed E-state index contributed by atoms with van der Waals surface area (Å²) in [5.74, 6) is -0.745. The third-order valence-corrected chi connectivity index (χ3v) is 7.89. The molecule has 1 aliphatic rings. The molecule has 0 aliphatic carbocycles. The maximum absolute atomic E-state index is 12.7. The van der Waals surface area contributed by atoms with Crippen LogP contribution < -0.4 is 14.4 Å². The molecule has 1 saturated heterocycles. The van der Waals surface area contributed by atoms with Crippen LogP contribution in [0.2, 0.25) is 0 Å². The van der Waals surface area contributed by atoms with Crippen molar-refractivity contribution >= 4 is 51.4 Å². The summed E-state index contributed by atoms with van der Waals surface area (Å²) in [7, 11) is 0. The van der Waals surface area contributed by atoms with Gasteiger partial charge in [0.2, 0.25) is 5.91 Å². The van der Waals surface area contributed by atoms with Gasteiger partial charge in [0.1, 0.15) is 22.1 Å². The van der Waals surface area contributed by atoms with Gasteiger partial charge in [-0.3, -0.25) is 14.4 Å². The number of nitrogens with zero attached hydrogens (tertiary/aromatic N) is 1. The van der Waals surface area contributed by atoms with Gasteiger partial charge in [0.15, 0.2) is 12.4 Å². The second-order valence-corrected chi connectivity index (χ2v) is 10.8. The number of hydrogen-bond donors (Lipinski definition) is 0. The van der Waals surface area contributed by atoms with Gasteiger partial charge in [0.05, 0.1) is 5.92 Å². The molecule has 0 saturated carbocycles. The van der Waals surface area contributed by atoms with Crippen molar-refractivity contribution in [3.63, 3.8) is 0 Å². The summed E-state index contributed by atoms with van der Waals surface area (Å²) in [4.78, 5) is 52.2. The molecule has 1 amide bonds. The molecular formula is C34H25NO7S. The molecule has 2 heterocycles. The number of ether oxygens (including phenoxy) is 3. The fraction of sp³-hybridized carbons (Fsp3) is 0.118. The molecule has 214 valence electrons. The van der Waals surface area contributed by atoms with E-state index >= 15 is 0 Å². The Labute approximate surface area is 251 Å². The van der Waals surface area contributed by atoms with Crippen LogP contribution in [0.1, 0.15) is 26.5 Å². The first-order valence-corrected chi connectivity index (χ1v) is 14.4. The van der Waals surface area contributed by atoms with E-state index in [0.717, 1.165) is 16.5 Å². The Kier molecular flexibility index (Phi) is 7.97. The summed E-state index contributed by atoms with van der Waals surface area (Å²) in [6.45, 7) is -0.308. The summed E-state index contributed by atoms with van der Waals surface area (Å²) < 4.78 is 16.7. The molecule has 1 aliphatic heterocycles. The van der Waals surface area contributed by atoms with Crippen LogP contribution >= 0.6 is 11.3 Å². The van der Waals surface area contributed by atoms with Crippen LogP contribution in [0.15, 0.2) is 109 Å². The molecule has 9 heteroatoms. The zero-order valence-electron chi connectivity index (χ0n) is 22.8. The normalized spacial score (nSPS) is 14.5. The standard InChI is InChI=1S/C34H25NO7S/c36-29(23-10-14-27(15-11-23)42-34(39)31-9-4-18-43-31)21-40-33(38)24-19-32(37)35(20-24)25-12-16-26(17-13-25)41-30-8-3-6-22-5-1-2-7-28(22)30/h1-18,24H,19-21H2/t24-/m0/s1. The first-order chi connectivity index (χ1) is 20.9. The van der Waals surface area contributed by atoms with E-state index in [2.05, 4.69) is 0 Å². The number of carbonyl (C=O) groups excluding carboxylic acids is 4. The molecule has 0 unspecified atom stereocenters. The van der Waals surface area contributed by atoms with Gasteiger partial charge in [-0.05, 0) is 71.4 Å². The number of benzene rings is 4. The molecule has 1 fully saturated rings. The van der Waals surface area contributed by atoms with Crippen LogP contribution in [0.3, 0.4) is 0 Å². The lowest BCUT2D eigenvalue weighted by Gasteiger charge is -2.17. The van der Waals surface area contributed by atoms with Gasteiger partial charge in [0.25, 0.3) is 0 Å². The van der Waals surface area contributed by atoms with E-state index in [-0.39, 0.29) is 18.9 Å². The van der Waals surface area contributed by atoms with Gasteiger partial charge in [-0.25, -0.2) is 4.79 Å². The minimum absolute atomic E-state index is 0.00835. The van der Waals surface area contributed by atoms with Crippen LogP contribution in [0.25, 0.3) is 10.8 Å². The Balaban J connectivity index is 1.01. The Hall–Kier alpha value is -5.28. The second kappa shape index (κ2) is 12.3. The summed E-state index contributed by atoms with van der Waals surface area (Å²) in [5.41, 5.74) is 0.945. The number of ketones is 1. The van der Waals surface area contributed by atoms with E-state index in [9.17, 15) is 19.2 Å². The maximum Gasteiger partial charge on any atom is 0.353 e. The molecule has 8 nitrogen and oxygen atoms in total. The van der Waals surface area contributed by atoms with Crippen molar-refractivity contribution in [3.8, 4) is 17.2 Å². The summed E-state index contributed by atoms with van der Waals surface area (Å²) in [6.07, 6.45) is -0.00835. The Morgan fingerprint density at radius 1 is 0.814 bits per heavy atom. The second-order valence-electron chi connectivity index (χ2n) is 9.90. The Morgan fingerprint density at radius 3 is 2.33 bits per heavy atom. The summed E-state index contributed by atoms with van der Waals surface area (Å²) in [5, 5.41) is 3.85. The molecular weight excluding hydrogens is 566 g/mol. The molecule has 43 heavy (non-hydrogen) atoms. The monoisotopic (exact) mass is 591 g/mol. The Bertz CT molecular complexity index is 1790. The third-order valence-electron chi connectivity index (χ3n) is 7.04. The third kappa shape index (κ3) is 6.32. The van der Waals surface area contributed by atoms with Crippen molar-refractivity contribution in [1.29, 1.82) is 0 Å². The van der Waals surface area contributed by atoms with Crippen LogP contribution in [0.5, 0.6) is 17.2 Å². The van der Waals surface area contributed by atoms with Crippen molar-refractivity contribution in [1.82, 2.24) is 0 Å². The average Bonchev–Trinajstić information content (AvgIpc) is 3.71. The number of carbonyl (C=O) groups is 4. The van der Waals surface area contributed by atoms with Gasteiger partial charge >= 0.3 is 11.9 Å². The number of Topliss-reactive ketones (excluding diaryl/α,β-unsaturated/α-hetero) is 1. The van der Waals surface area contributed by atoms with E-state index in [0.29, 0.717) is 27.6 Å². The quantitative estimate of drug-likeness (QED) is 0.107. The topological polar surface area (TPSA) is 99.2 Å². The largest absolute Gasteiger partial charge is 0.457 e. The highest BCUT2D eigenvalue weighted by Crippen LogP contribution is 2.32. The Morgan fingerprint density at radius 2 is 1.56 bits per heavy atom. The van der Waals surface area contributed by atoms with E-state index in [1.807, 2.05) is 42.5 Å². The van der Waals surface area contributed by atoms with Crippen molar-refractivity contribution in [2.24, 2.45) is 5.92 Å². The van der Waals surface area contributed by atoms with Gasteiger partial charge < -0.3 is 19.1 Å². The zero-order chi connectivity index (χ0) is 29.8. The van der Waals surface area contributed by atoms with Crippen molar-refractivity contribution in [2.45, 2.75) is 6.42 Å². The number of fused-ring (bicyclic) bond motifs is 1. The van der Waals surface area contributed by atoms with E-state index in [1.165, 1.54) is 40.5 Å². The number of esters is 2. The lowest BCUT2D eigenvalue weighted by atomic mass is 10.1. The highest BCUT2D eigenvalue weighted by atomic mass is 32.1. The maximum atomic E-state index is 12.7. The van der Waals surface area contributed by atoms with Crippen LogP contribution in [-0.4, -0.2) is 36.8 Å². The predicted molar refractivity (Wildman–Crippen MR) is 162 cm³/mol. The van der Waals surface area contributed by atoms with E-state index in [4.69, 9.17) is 14.2 Å². The van der Waals surface area contributed by atoms with Gasteiger partial charge in [-0.2, -0.15) is 0 Å². The molecule has 4 aromatic carbocycles. The van der Waals surface area contributed by atoms with Gasteiger partial charge in [-0.1, -0.05) is 42.5 Å². The highest BCUT2D eigenvalue weighted by molar-refractivity contribution is 7.12. The smallest absolute Gasteiger partial charge is 0.353 e. The molecule has 0 radical (unpaired) electrons. The van der Waals surface area contributed by atoms with Crippen LogP contribution in [-0.2, 0) is 14.3 Å². The lowest BCUT2D eigenvalue weighted by Crippen LogP contribution is -2.27. The lowest BCUT2D eigenvalue weighted by molar-refractivity contribution is -0.147. The zero-order valence-corrected chi connectivity index (χ0v) is 23.6. The number of thiophene rings is 1. The fourth-order valence-electron chi connectivity index (χ4n) is 4.82. The number of amides is 1. The van der Waals surface area contributed by atoms with Crippen molar-refractivity contribution in [3.05, 3.63) is 119 Å². The van der Waals surface area contributed by atoms with Gasteiger partial charge in [0, 0.05) is 29.6 Å². The molecule has 6 rings (SSSR count). The van der Waals surface area contributed by atoms with Crippen LogP contribution in [0.4, 0.5) is 5.69 Å². The van der Waals surface area contributed by atoms with Crippen molar-refractivity contribution < 1.29 is 33.4 Å². The molecule has 0 bridgehead atoms. The molecule has 0 N–H and O–H groups in total. The molecule has 0 spiro atoms. The van der Waals surface area contributed by atoms with E-state index < -0.39 is 30.2 Å². The highest BCUT2D eigenvalue weighted by Gasteiger charge is 2.36. The number of hydrogen-bond acceptors (Lipinski definition) is 8. The number of anilines is 1. The van der Waals surface area contributed by atoms with Crippen molar-refractivity contribution in [2.75, 3.05) is 18.1 Å². The summed E-state index contributed by atoms with van der Waals surface area (Å²) >= 11 is 1.27. The molecule has 1 atom stereocenters. The van der Waals surface area contributed by atoms with Crippen LogP contribution in [0, 0.1) is 5.92 Å². The summed E-state index contributed by atoms with van der Waals surface area (Å²) in [6, 6.07) is 30.4. The number of rotatable bonds is 9. The fourth-order valence-corrected chi connectivity index (χ4v) is 5.42. The van der Waals surface area contributed by atoms with E-state index in [1.54, 1.807) is 41.8 Å². The molecule has 5 aromatic rings. The first-order valence-electron chi connectivity index (χ1n) is 13.6. The average molecular weight is 592 g/mol. The minimum Gasteiger partial charge on any atom is -0.457 e. The first kappa shape index (κ1) is 27.9. The van der Waals surface area contributed by atoms with Gasteiger partial charge in [-0.15, -0.1) is 11.3 Å². The predicted octanol–water partition coefficient (Wildman–Crippen LogP) is 6.69. The molecule has 1 aromatic heterocycles.